The molecular formula is C14H23ClN2O2. The molecule has 0 radical (unpaired) electrons. The van der Waals surface area contributed by atoms with E-state index < -0.39 is 0 Å². The standard InChI is InChI=1S/C14H22N2O2.ClH/c1-11-5-4-6-13(9-11)18-8-7-16(3)14(17)10-12(2)15;/h4-6,9,12H,7-8,10,15H2,1-3H3;1H. The Bertz CT molecular complexity index is 397. The molecule has 0 saturated carbocycles. The Kier molecular flexibility index (Phi) is 8.19. The van der Waals surface area contributed by atoms with Crippen molar-refractivity contribution in [2.45, 2.75) is 26.3 Å². The quantitative estimate of drug-likeness (QED) is 0.870. The molecule has 0 heterocycles. The molecule has 19 heavy (non-hydrogen) atoms. The molecule has 4 nitrogen and oxygen atoms in total. The van der Waals surface area contributed by atoms with Gasteiger partial charge in [-0.25, -0.2) is 0 Å². The van der Waals surface area contributed by atoms with E-state index in [-0.39, 0.29) is 24.4 Å². The second-order valence-electron chi connectivity index (χ2n) is 4.66. The van der Waals surface area contributed by atoms with E-state index in [1.54, 1.807) is 11.9 Å². The maximum absolute atomic E-state index is 11.6. The minimum atomic E-state index is -0.0994. The molecule has 1 atom stereocenters. The molecule has 0 spiro atoms. The van der Waals surface area contributed by atoms with E-state index in [0.717, 1.165) is 11.3 Å². The highest BCUT2D eigenvalue weighted by molar-refractivity contribution is 5.85. The largest absolute Gasteiger partial charge is 0.492 e. The summed E-state index contributed by atoms with van der Waals surface area (Å²) in [7, 11) is 1.77. The second kappa shape index (κ2) is 8.77. The van der Waals surface area contributed by atoms with Crippen molar-refractivity contribution in [3.63, 3.8) is 0 Å². The molecule has 1 rings (SSSR count). The highest BCUT2D eigenvalue weighted by Gasteiger charge is 2.10. The van der Waals surface area contributed by atoms with Crippen LogP contribution >= 0.6 is 12.4 Å². The van der Waals surface area contributed by atoms with Crippen LogP contribution in [0.15, 0.2) is 24.3 Å². The first-order chi connectivity index (χ1) is 8.49. The van der Waals surface area contributed by atoms with Crippen molar-refractivity contribution in [1.29, 1.82) is 0 Å². The lowest BCUT2D eigenvalue weighted by Crippen LogP contribution is -2.34. The molecule has 108 valence electrons. The maximum atomic E-state index is 11.6. The van der Waals surface area contributed by atoms with E-state index in [0.29, 0.717) is 19.6 Å². The fraction of sp³-hybridized carbons (Fsp3) is 0.500. The Morgan fingerprint density at radius 2 is 2.16 bits per heavy atom. The fourth-order valence-corrected chi connectivity index (χ4v) is 1.56. The number of amides is 1. The summed E-state index contributed by atoms with van der Waals surface area (Å²) in [6.07, 6.45) is 0.376. The number of rotatable bonds is 6. The molecule has 0 fully saturated rings. The number of nitrogens with zero attached hydrogens (tertiary/aromatic N) is 1. The number of nitrogens with two attached hydrogens (primary N) is 1. The van der Waals surface area contributed by atoms with E-state index in [2.05, 4.69) is 0 Å². The smallest absolute Gasteiger partial charge is 0.223 e. The third-order valence-electron chi connectivity index (χ3n) is 2.61. The highest BCUT2D eigenvalue weighted by Crippen LogP contribution is 2.12. The molecule has 5 heteroatoms. The number of carbonyl (C=O) groups is 1. The lowest BCUT2D eigenvalue weighted by Gasteiger charge is -2.18. The Hall–Kier alpha value is -1.26. The third-order valence-corrected chi connectivity index (χ3v) is 2.61. The Labute approximate surface area is 121 Å². The monoisotopic (exact) mass is 286 g/mol. The van der Waals surface area contributed by atoms with Crippen molar-refractivity contribution in [2.75, 3.05) is 20.2 Å². The molecule has 1 aromatic rings. The van der Waals surface area contributed by atoms with Crippen LogP contribution in [0.2, 0.25) is 0 Å². The minimum Gasteiger partial charge on any atom is -0.492 e. The summed E-state index contributed by atoms with van der Waals surface area (Å²) in [6.45, 7) is 4.91. The summed E-state index contributed by atoms with van der Waals surface area (Å²) in [5, 5.41) is 0. The Balaban J connectivity index is 0.00000324. The van der Waals surface area contributed by atoms with Gasteiger partial charge in [-0.3, -0.25) is 4.79 Å². The van der Waals surface area contributed by atoms with Gasteiger partial charge in [0.2, 0.25) is 5.91 Å². The van der Waals surface area contributed by atoms with Gasteiger partial charge in [0, 0.05) is 19.5 Å². The molecule has 0 aliphatic carbocycles. The van der Waals surface area contributed by atoms with Crippen LogP contribution in [0.5, 0.6) is 5.75 Å². The third kappa shape index (κ3) is 7.03. The maximum Gasteiger partial charge on any atom is 0.223 e. The zero-order valence-corrected chi connectivity index (χ0v) is 12.6. The first-order valence-electron chi connectivity index (χ1n) is 6.18. The Morgan fingerprint density at radius 1 is 1.47 bits per heavy atom. The molecule has 2 N–H and O–H groups in total. The number of benzene rings is 1. The van der Waals surface area contributed by atoms with Crippen molar-refractivity contribution >= 4 is 18.3 Å². The van der Waals surface area contributed by atoms with Gasteiger partial charge in [-0.2, -0.15) is 0 Å². The van der Waals surface area contributed by atoms with Crippen molar-refractivity contribution < 1.29 is 9.53 Å². The number of hydrogen-bond donors (Lipinski definition) is 1. The van der Waals surface area contributed by atoms with Gasteiger partial charge in [0.05, 0.1) is 6.54 Å². The lowest BCUT2D eigenvalue weighted by atomic mass is 10.2. The molecule has 1 amide bonds. The summed E-state index contributed by atoms with van der Waals surface area (Å²) in [4.78, 5) is 13.3. The van der Waals surface area contributed by atoms with Gasteiger partial charge >= 0.3 is 0 Å². The van der Waals surface area contributed by atoms with Gasteiger partial charge in [0.1, 0.15) is 12.4 Å². The molecule has 0 saturated heterocycles. The SMILES string of the molecule is Cc1cccc(OCCN(C)C(=O)CC(C)N)c1.Cl. The van der Waals surface area contributed by atoms with E-state index in [1.165, 1.54) is 0 Å². The van der Waals surface area contributed by atoms with Crippen LogP contribution in [0, 0.1) is 6.92 Å². The predicted molar refractivity (Wildman–Crippen MR) is 79.8 cm³/mol. The first-order valence-corrected chi connectivity index (χ1v) is 6.18. The fourth-order valence-electron chi connectivity index (χ4n) is 1.56. The van der Waals surface area contributed by atoms with Gasteiger partial charge in [-0.1, -0.05) is 12.1 Å². The van der Waals surface area contributed by atoms with Crippen molar-refractivity contribution in [3.8, 4) is 5.75 Å². The van der Waals surface area contributed by atoms with Crippen LogP contribution < -0.4 is 10.5 Å². The van der Waals surface area contributed by atoms with Gasteiger partial charge in [-0.05, 0) is 31.5 Å². The van der Waals surface area contributed by atoms with Crippen LogP contribution in [0.4, 0.5) is 0 Å². The molecule has 0 aliphatic heterocycles. The average Bonchev–Trinajstić information content (AvgIpc) is 2.28. The van der Waals surface area contributed by atoms with E-state index in [9.17, 15) is 4.79 Å². The van der Waals surface area contributed by atoms with Crippen molar-refractivity contribution in [3.05, 3.63) is 29.8 Å². The molecule has 1 aromatic carbocycles. The summed E-state index contributed by atoms with van der Waals surface area (Å²) in [5.41, 5.74) is 6.75. The van der Waals surface area contributed by atoms with E-state index in [1.807, 2.05) is 38.1 Å². The summed E-state index contributed by atoms with van der Waals surface area (Å²) in [5.74, 6) is 0.890. The predicted octanol–water partition coefficient (Wildman–Crippen LogP) is 1.99. The van der Waals surface area contributed by atoms with Crippen LogP contribution in [0.1, 0.15) is 18.9 Å². The first kappa shape index (κ1) is 17.7. The minimum absolute atomic E-state index is 0. The number of hydrogen-bond acceptors (Lipinski definition) is 3. The topological polar surface area (TPSA) is 55.6 Å². The number of carbonyl (C=O) groups excluding carboxylic acids is 1. The molecule has 0 aromatic heterocycles. The molecule has 1 unspecified atom stereocenters. The van der Waals surface area contributed by atoms with Crippen LogP contribution in [-0.4, -0.2) is 37.0 Å². The van der Waals surface area contributed by atoms with Crippen LogP contribution in [-0.2, 0) is 4.79 Å². The second-order valence-corrected chi connectivity index (χ2v) is 4.66. The summed E-state index contributed by atoms with van der Waals surface area (Å²) in [6, 6.07) is 7.76. The zero-order chi connectivity index (χ0) is 13.5. The lowest BCUT2D eigenvalue weighted by molar-refractivity contribution is -0.130. The van der Waals surface area contributed by atoms with Gasteiger partial charge in [0.15, 0.2) is 0 Å². The average molecular weight is 287 g/mol. The number of aryl methyl sites for hydroxylation is 1. The molecular weight excluding hydrogens is 264 g/mol. The van der Waals surface area contributed by atoms with Gasteiger partial charge < -0.3 is 15.4 Å². The normalized spacial score (nSPS) is 11.4. The highest BCUT2D eigenvalue weighted by atomic mass is 35.5. The zero-order valence-electron chi connectivity index (χ0n) is 11.8. The Morgan fingerprint density at radius 3 is 2.74 bits per heavy atom. The summed E-state index contributed by atoms with van der Waals surface area (Å²) < 4.78 is 5.59. The van der Waals surface area contributed by atoms with Crippen LogP contribution in [0.3, 0.4) is 0 Å². The number of likely N-dealkylation sites (N-methyl/N-ethyl adjacent to an activating group) is 1. The van der Waals surface area contributed by atoms with Gasteiger partial charge in [-0.15, -0.1) is 12.4 Å². The van der Waals surface area contributed by atoms with E-state index in [4.69, 9.17) is 10.5 Å². The van der Waals surface area contributed by atoms with E-state index >= 15 is 0 Å². The number of ether oxygens (including phenoxy) is 1. The van der Waals surface area contributed by atoms with Crippen LogP contribution in [0.25, 0.3) is 0 Å². The summed E-state index contributed by atoms with van der Waals surface area (Å²) >= 11 is 0. The number of halogens is 1. The van der Waals surface area contributed by atoms with Gasteiger partial charge in [0.25, 0.3) is 0 Å². The van der Waals surface area contributed by atoms with Crippen molar-refractivity contribution in [1.82, 2.24) is 4.90 Å². The molecule has 0 aliphatic rings. The molecule has 0 bridgehead atoms. The van der Waals surface area contributed by atoms with Crippen molar-refractivity contribution in [2.24, 2.45) is 5.73 Å².